The van der Waals surface area contributed by atoms with E-state index in [1.807, 2.05) is 6.92 Å². The standard InChI is InChI=1S/C19H19F2N3/c1-13-2-4-15(5-3-13)19-16(12-23-24-19)11-22-9-8-14-6-7-17(20)10-18(14)21/h2-7,10,12,22H,8-9,11H2,1H3,(H,23,24). The maximum Gasteiger partial charge on any atom is 0.129 e. The van der Waals surface area contributed by atoms with E-state index in [-0.39, 0.29) is 0 Å². The summed E-state index contributed by atoms with van der Waals surface area (Å²) in [6.07, 6.45) is 2.30. The largest absolute Gasteiger partial charge is 0.312 e. The highest BCUT2D eigenvalue weighted by atomic mass is 19.1. The highest BCUT2D eigenvalue weighted by Gasteiger charge is 2.08. The first-order valence-electron chi connectivity index (χ1n) is 7.87. The van der Waals surface area contributed by atoms with Gasteiger partial charge in [0.15, 0.2) is 0 Å². The number of aromatic nitrogens is 2. The minimum absolute atomic E-state index is 0.500. The van der Waals surface area contributed by atoms with E-state index in [1.165, 1.54) is 17.7 Å². The fraction of sp³-hybridized carbons (Fsp3) is 0.211. The summed E-state index contributed by atoms with van der Waals surface area (Å²) in [5.74, 6) is -1.05. The van der Waals surface area contributed by atoms with E-state index < -0.39 is 11.6 Å². The Balaban J connectivity index is 1.58. The molecule has 0 saturated heterocycles. The lowest BCUT2D eigenvalue weighted by Gasteiger charge is -2.07. The summed E-state index contributed by atoms with van der Waals surface area (Å²) in [6, 6.07) is 11.9. The van der Waals surface area contributed by atoms with Crippen molar-refractivity contribution in [2.24, 2.45) is 0 Å². The van der Waals surface area contributed by atoms with Crippen molar-refractivity contribution >= 4 is 0 Å². The van der Waals surface area contributed by atoms with Crippen molar-refractivity contribution in [2.45, 2.75) is 19.9 Å². The average Bonchev–Trinajstić information content (AvgIpc) is 3.02. The van der Waals surface area contributed by atoms with E-state index in [0.29, 0.717) is 25.1 Å². The van der Waals surface area contributed by atoms with Crippen LogP contribution in [0.2, 0.25) is 0 Å². The van der Waals surface area contributed by atoms with Crippen molar-refractivity contribution in [1.29, 1.82) is 0 Å². The van der Waals surface area contributed by atoms with Gasteiger partial charge in [0.05, 0.1) is 11.9 Å². The van der Waals surface area contributed by atoms with E-state index in [1.54, 1.807) is 6.20 Å². The van der Waals surface area contributed by atoms with Crippen LogP contribution in [0.25, 0.3) is 11.3 Å². The lowest BCUT2D eigenvalue weighted by molar-refractivity contribution is 0.566. The summed E-state index contributed by atoms with van der Waals surface area (Å²) in [4.78, 5) is 0. The third kappa shape index (κ3) is 3.86. The van der Waals surface area contributed by atoms with Crippen molar-refractivity contribution in [1.82, 2.24) is 15.5 Å². The van der Waals surface area contributed by atoms with Crippen molar-refractivity contribution in [2.75, 3.05) is 6.54 Å². The molecule has 0 aliphatic carbocycles. The summed E-state index contributed by atoms with van der Waals surface area (Å²) < 4.78 is 26.5. The van der Waals surface area contributed by atoms with Crippen molar-refractivity contribution in [3.63, 3.8) is 0 Å². The molecule has 0 saturated carbocycles. The molecule has 0 unspecified atom stereocenters. The second kappa shape index (κ2) is 7.36. The van der Waals surface area contributed by atoms with Gasteiger partial charge in [0.1, 0.15) is 11.6 Å². The Kier molecular flexibility index (Phi) is 5.01. The number of nitrogens with zero attached hydrogens (tertiary/aromatic N) is 1. The van der Waals surface area contributed by atoms with Crippen LogP contribution >= 0.6 is 0 Å². The topological polar surface area (TPSA) is 40.7 Å². The number of hydrogen-bond acceptors (Lipinski definition) is 2. The van der Waals surface area contributed by atoms with Crippen molar-refractivity contribution in [3.05, 3.63) is 77.0 Å². The molecule has 124 valence electrons. The zero-order chi connectivity index (χ0) is 16.9. The molecule has 3 aromatic rings. The molecule has 2 N–H and O–H groups in total. The minimum Gasteiger partial charge on any atom is -0.312 e. The first kappa shape index (κ1) is 16.3. The lowest BCUT2D eigenvalue weighted by atomic mass is 10.1. The number of hydrogen-bond donors (Lipinski definition) is 2. The molecule has 3 rings (SSSR count). The predicted octanol–water partition coefficient (Wildman–Crippen LogP) is 4.00. The molecule has 2 aromatic carbocycles. The smallest absolute Gasteiger partial charge is 0.129 e. The number of aryl methyl sites for hydroxylation is 1. The van der Waals surface area contributed by atoms with E-state index in [9.17, 15) is 8.78 Å². The van der Waals surface area contributed by atoms with Gasteiger partial charge < -0.3 is 5.32 Å². The van der Waals surface area contributed by atoms with Crippen LogP contribution < -0.4 is 5.32 Å². The Morgan fingerprint density at radius 3 is 2.58 bits per heavy atom. The lowest BCUT2D eigenvalue weighted by Crippen LogP contribution is -2.17. The van der Waals surface area contributed by atoms with Crippen LogP contribution in [0.4, 0.5) is 8.78 Å². The highest BCUT2D eigenvalue weighted by Crippen LogP contribution is 2.21. The van der Waals surface area contributed by atoms with Gasteiger partial charge in [-0.1, -0.05) is 35.9 Å². The van der Waals surface area contributed by atoms with Gasteiger partial charge in [0.25, 0.3) is 0 Å². The number of benzene rings is 2. The van der Waals surface area contributed by atoms with Crippen molar-refractivity contribution in [3.8, 4) is 11.3 Å². The molecular weight excluding hydrogens is 308 g/mol. The van der Waals surface area contributed by atoms with Crippen LogP contribution in [-0.4, -0.2) is 16.7 Å². The molecule has 3 nitrogen and oxygen atoms in total. The molecule has 1 aromatic heterocycles. The molecule has 0 aliphatic rings. The van der Waals surface area contributed by atoms with E-state index >= 15 is 0 Å². The third-order valence-electron chi connectivity index (χ3n) is 3.96. The second-order valence-corrected chi connectivity index (χ2v) is 5.80. The second-order valence-electron chi connectivity index (χ2n) is 5.80. The molecule has 0 spiro atoms. The monoisotopic (exact) mass is 327 g/mol. The number of rotatable bonds is 6. The first-order chi connectivity index (χ1) is 11.6. The van der Waals surface area contributed by atoms with E-state index in [0.717, 1.165) is 22.9 Å². The Morgan fingerprint density at radius 2 is 1.83 bits per heavy atom. The summed E-state index contributed by atoms with van der Waals surface area (Å²) in [7, 11) is 0. The molecule has 0 atom stereocenters. The zero-order valence-corrected chi connectivity index (χ0v) is 13.4. The number of H-pyrrole nitrogens is 1. The number of halogens is 2. The Hall–Kier alpha value is -2.53. The third-order valence-corrected chi connectivity index (χ3v) is 3.96. The summed E-state index contributed by atoms with van der Waals surface area (Å²) in [6.45, 7) is 3.28. The normalized spacial score (nSPS) is 11.0. The van der Waals surface area contributed by atoms with Crippen LogP contribution in [0.3, 0.4) is 0 Å². The molecule has 0 aliphatic heterocycles. The fourth-order valence-electron chi connectivity index (χ4n) is 2.59. The van der Waals surface area contributed by atoms with Gasteiger partial charge in [-0.25, -0.2) is 8.78 Å². The Labute approximate surface area is 139 Å². The predicted molar refractivity (Wildman–Crippen MR) is 90.5 cm³/mol. The van der Waals surface area contributed by atoms with Crippen LogP contribution in [-0.2, 0) is 13.0 Å². The molecule has 24 heavy (non-hydrogen) atoms. The molecule has 0 amide bonds. The number of aromatic amines is 1. The fourth-order valence-corrected chi connectivity index (χ4v) is 2.59. The molecule has 0 bridgehead atoms. The van der Waals surface area contributed by atoms with E-state index in [4.69, 9.17) is 0 Å². The van der Waals surface area contributed by atoms with Crippen LogP contribution in [0.5, 0.6) is 0 Å². The summed E-state index contributed by atoms with van der Waals surface area (Å²) in [5.41, 5.74) is 4.84. The molecule has 5 heteroatoms. The van der Waals surface area contributed by atoms with Gasteiger partial charge in [0.2, 0.25) is 0 Å². The Bertz CT molecular complexity index is 810. The summed E-state index contributed by atoms with van der Waals surface area (Å²) >= 11 is 0. The molecule has 0 fully saturated rings. The Morgan fingerprint density at radius 1 is 1.04 bits per heavy atom. The van der Waals surface area contributed by atoms with Gasteiger partial charge in [-0.15, -0.1) is 0 Å². The molecule has 1 heterocycles. The van der Waals surface area contributed by atoms with Gasteiger partial charge >= 0.3 is 0 Å². The van der Waals surface area contributed by atoms with Crippen LogP contribution in [0, 0.1) is 18.6 Å². The molecular formula is C19H19F2N3. The minimum atomic E-state index is -0.551. The summed E-state index contributed by atoms with van der Waals surface area (Å²) in [5, 5.41) is 10.4. The SMILES string of the molecule is Cc1ccc(-c2[nH]ncc2CNCCc2ccc(F)cc2F)cc1. The van der Waals surface area contributed by atoms with Gasteiger partial charge in [-0.3, -0.25) is 5.10 Å². The van der Waals surface area contributed by atoms with Gasteiger partial charge in [-0.2, -0.15) is 5.10 Å². The maximum absolute atomic E-state index is 13.6. The first-order valence-corrected chi connectivity index (χ1v) is 7.87. The van der Waals surface area contributed by atoms with Gasteiger partial charge in [0, 0.05) is 18.2 Å². The zero-order valence-electron chi connectivity index (χ0n) is 13.4. The van der Waals surface area contributed by atoms with E-state index in [2.05, 4.69) is 39.8 Å². The number of nitrogens with one attached hydrogen (secondary N) is 2. The van der Waals surface area contributed by atoms with Crippen LogP contribution in [0.1, 0.15) is 16.7 Å². The quantitative estimate of drug-likeness (QED) is 0.672. The average molecular weight is 327 g/mol. The maximum atomic E-state index is 13.6. The van der Waals surface area contributed by atoms with Crippen molar-refractivity contribution < 1.29 is 8.78 Å². The van der Waals surface area contributed by atoms with Crippen LogP contribution in [0.15, 0.2) is 48.7 Å². The molecule has 0 radical (unpaired) electrons. The highest BCUT2D eigenvalue weighted by molar-refractivity contribution is 5.62. The van der Waals surface area contributed by atoms with Gasteiger partial charge in [-0.05, 0) is 37.1 Å².